The van der Waals surface area contributed by atoms with Crippen molar-refractivity contribution in [2.45, 2.75) is 26.7 Å². The van der Waals surface area contributed by atoms with Gasteiger partial charge in [-0.25, -0.2) is 4.39 Å². The van der Waals surface area contributed by atoms with Crippen LogP contribution in [-0.4, -0.2) is 10.2 Å². The molecule has 3 N–H and O–H groups in total. The molecule has 17 heavy (non-hydrogen) atoms. The van der Waals surface area contributed by atoms with Crippen molar-refractivity contribution >= 4 is 5.82 Å². The van der Waals surface area contributed by atoms with Crippen LogP contribution in [0.3, 0.4) is 0 Å². The number of H-pyrrole nitrogens is 1. The van der Waals surface area contributed by atoms with Gasteiger partial charge >= 0.3 is 0 Å². The van der Waals surface area contributed by atoms with Crippen LogP contribution < -0.4 is 5.73 Å². The number of nitrogens with one attached hydrogen (secondary N) is 1. The highest BCUT2D eigenvalue weighted by atomic mass is 19.1. The van der Waals surface area contributed by atoms with Crippen molar-refractivity contribution in [3.8, 4) is 11.3 Å². The molecule has 0 fully saturated rings. The van der Waals surface area contributed by atoms with Crippen molar-refractivity contribution in [1.29, 1.82) is 0 Å². The summed E-state index contributed by atoms with van der Waals surface area (Å²) in [5.41, 5.74) is 9.40. The lowest BCUT2D eigenvalue weighted by Gasteiger charge is -2.09. The maximum Gasteiger partial charge on any atom is 0.149 e. The summed E-state index contributed by atoms with van der Waals surface area (Å²) in [6.07, 6.45) is 0. The summed E-state index contributed by atoms with van der Waals surface area (Å²) in [5.74, 6) is 0.471. The number of aryl methyl sites for hydroxylation is 1. The minimum absolute atomic E-state index is 0.242. The van der Waals surface area contributed by atoms with Crippen molar-refractivity contribution in [2.75, 3.05) is 5.73 Å². The average Bonchev–Trinajstić information content (AvgIpc) is 2.64. The van der Waals surface area contributed by atoms with Gasteiger partial charge in [-0.2, -0.15) is 5.10 Å². The molecular weight excluding hydrogens is 217 g/mol. The lowest BCUT2D eigenvalue weighted by molar-refractivity contribution is 0.628. The van der Waals surface area contributed by atoms with E-state index < -0.39 is 0 Å². The Hall–Kier alpha value is -1.84. The van der Waals surface area contributed by atoms with Crippen LogP contribution in [0.4, 0.5) is 10.2 Å². The van der Waals surface area contributed by atoms with Gasteiger partial charge in [0, 0.05) is 11.1 Å². The van der Waals surface area contributed by atoms with Gasteiger partial charge in [-0.05, 0) is 30.5 Å². The first-order valence-corrected chi connectivity index (χ1v) is 5.61. The number of hydrogen-bond donors (Lipinski definition) is 2. The molecule has 1 aromatic carbocycles. The molecule has 0 atom stereocenters. The number of anilines is 1. The summed E-state index contributed by atoms with van der Waals surface area (Å²) in [5, 5.41) is 6.91. The van der Waals surface area contributed by atoms with Crippen LogP contribution in [0.25, 0.3) is 11.3 Å². The van der Waals surface area contributed by atoms with Crippen LogP contribution in [0.1, 0.15) is 30.9 Å². The third kappa shape index (κ3) is 2.02. The SMILES string of the molecule is Cc1ccc(F)cc1-c1[nH]nc(N)c1C(C)C. The second-order valence-electron chi connectivity index (χ2n) is 4.51. The van der Waals surface area contributed by atoms with E-state index in [4.69, 9.17) is 5.73 Å². The predicted molar refractivity (Wildman–Crippen MR) is 67.2 cm³/mol. The molecule has 0 bridgehead atoms. The third-order valence-corrected chi connectivity index (χ3v) is 2.88. The standard InChI is InChI=1S/C13H16FN3/c1-7(2)11-12(16-17-13(11)15)10-6-9(14)5-4-8(10)3/h4-7H,1-3H3,(H3,15,16,17). The van der Waals surface area contributed by atoms with E-state index in [1.807, 2.05) is 20.8 Å². The number of nitrogens with two attached hydrogens (primary N) is 1. The largest absolute Gasteiger partial charge is 0.382 e. The highest BCUT2D eigenvalue weighted by molar-refractivity contribution is 5.71. The van der Waals surface area contributed by atoms with Gasteiger partial charge in [0.15, 0.2) is 0 Å². The monoisotopic (exact) mass is 233 g/mol. The Morgan fingerprint density at radius 1 is 1.35 bits per heavy atom. The van der Waals surface area contributed by atoms with Crippen molar-refractivity contribution in [1.82, 2.24) is 10.2 Å². The Balaban J connectivity index is 2.64. The molecule has 2 rings (SSSR count). The quantitative estimate of drug-likeness (QED) is 0.836. The fraction of sp³-hybridized carbons (Fsp3) is 0.308. The van der Waals surface area contributed by atoms with Crippen molar-refractivity contribution in [3.63, 3.8) is 0 Å². The Labute approximate surface area is 99.9 Å². The number of benzene rings is 1. The normalized spacial score (nSPS) is 11.1. The van der Waals surface area contributed by atoms with E-state index in [0.717, 1.165) is 22.4 Å². The lowest BCUT2D eigenvalue weighted by atomic mass is 9.96. The molecule has 4 heteroatoms. The van der Waals surface area contributed by atoms with Crippen LogP contribution in [0.5, 0.6) is 0 Å². The van der Waals surface area contributed by atoms with Crippen molar-refractivity contribution < 1.29 is 4.39 Å². The Kier molecular flexibility index (Phi) is 2.88. The van der Waals surface area contributed by atoms with E-state index in [9.17, 15) is 4.39 Å². The lowest BCUT2D eigenvalue weighted by Crippen LogP contribution is -1.96. The first-order chi connectivity index (χ1) is 8.00. The molecule has 3 nitrogen and oxygen atoms in total. The van der Waals surface area contributed by atoms with Gasteiger partial charge in [0.25, 0.3) is 0 Å². The van der Waals surface area contributed by atoms with Crippen LogP contribution in [0.15, 0.2) is 18.2 Å². The van der Waals surface area contributed by atoms with E-state index in [2.05, 4.69) is 10.2 Å². The second-order valence-corrected chi connectivity index (χ2v) is 4.51. The molecule has 0 radical (unpaired) electrons. The van der Waals surface area contributed by atoms with Crippen LogP contribution in [-0.2, 0) is 0 Å². The minimum atomic E-state index is -0.256. The molecule has 1 aromatic heterocycles. The summed E-state index contributed by atoms with van der Waals surface area (Å²) in [7, 11) is 0. The zero-order chi connectivity index (χ0) is 12.6. The molecular formula is C13H16FN3. The molecule has 0 aliphatic heterocycles. The Bertz CT molecular complexity index is 544. The van der Waals surface area contributed by atoms with E-state index in [0.29, 0.717) is 5.82 Å². The van der Waals surface area contributed by atoms with Gasteiger partial charge in [-0.3, -0.25) is 5.10 Å². The van der Waals surface area contributed by atoms with E-state index in [-0.39, 0.29) is 11.7 Å². The number of nitrogen functional groups attached to an aromatic ring is 1. The molecule has 0 spiro atoms. The predicted octanol–water partition coefficient (Wildman–Crippen LogP) is 3.23. The molecule has 1 heterocycles. The van der Waals surface area contributed by atoms with Gasteiger partial charge in [-0.15, -0.1) is 0 Å². The minimum Gasteiger partial charge on any atom is -0.382 e. The molecule has 0 amide bonds. The number of rotatable bonds is 2. The second kappa shape index (κ2) is 4.20. The van der Waals surface area contributed by atoms with Crippen LogP contribution in [0, 0.1) is 12.7 Å². The first kappa shape index (κ1) is 11.6. The maximum atomic E-state index is 13.3. The van der Waals surface area contributed by atoms with Gasteiger partial charge in [0.2, 0.25) is 0 Å². The number of hydrogen-bond acceptors (Lipinski definition) is 2. The van der Waals surface area contributed by atoms with Gasteiger partial charge < -0.3 is 5.73 Å². The van der Waals surface area contributed by atoms with Crippen molar-refractivity contribution in [2.24, 2.45) is 0 Å². The van der Waals surface area contributed by atoms with E-state index in [1.165, 1.54) is 12.1 Å². The molecule has 0 saturated heterocycles. The highest BCUT2D eigenvalue weighted by Gasteiger charge is 2.17. The van der Waals surface area contributed by atoms with E-state index >= 15 is 0 Å². The fourth-order valence-corrected chi connectivity index (χ4v) is 2.02. The molecule has 90 valence electrons. The topological polar surface area (TPSA) is 54.7 Å². The maximum absolute atomic E-state index is 13.3. The zero-order valence-corrected chi connectivity index (χ0v) is 10.2. The van der Waals surface area contributed by atoms with Crippen LogP contribution in [0.2, 0.25) is 0 Å². The summed E-state index contributed by atoms with van der Waals surface area (Å²) in [4.78, 5) is 0. The Morgan fingerprint density at radius 2 is 2.06 bits per heavy atom. The molecule has 0 aliphatic rings. The summed E-state index contributed by atoms with van der Waals surface area (Å²) in [6.45, 7) is 6.02. The smallest absolute Gasteiger partial charge is 0.149 e. The highest BCUT2D eigenvalue weighted by Crippen LogP contribution is 2.33. The Morgan fingerprint density at radius 3 is 2.71 bits per heavy atom. The number of nitrogens with zero attached hydrogens (tertiary/aromatic N) is 1. The van der Waals surface area contributed by atoms with E-state index in [1.54, 1.807) is 6.07 Å². The van der Waals surface area contributed by atoms with Gasteiger partial charge in [0.1, 0.15) is 11.6 Å². The summed E-state index contributed by atoms with van der Waals surface area (Å²) >= 11 is 0. The fourth-order valence-electron chi connectivity index (χ4n) is 2.02. The number of aromatic nitrogens is 2. The molecule has 0 aliphatic carbocycles. The number of halogens is 1. The summed E-state index contributed by atoms with van der Waals surface area (Å²) < 4.78 is 13.3. The third-order valence-electron chi connectivity index (χ3n) is 2.88. The number of aromatic amines is 1. The summed E-state index contributed by atoms with van der Waals surface area (Å²) in [6, 6.07) is 4.72. The van der Waals surface area contributed by atoms with Gasteiger partial charge in [-0.1, -0.05) is 19.9 Å². The van der Waals surface area contributed by atoms with Crippen molar-refractivity contribution in [3.05, 3.63) is 35.1 Å². The first-order valence-electron chi connectivity index (χ1n) is 5.61. The van der Waals surface area contributed by atoms with Crippen LogP contribution >= 0.6 is 0 Å². The molecule has 0 saturated carbocycles. The molecule has 0 unspecified atom stereocenters. The molecule has 2 aromatic rings. The zero-order valence-electron chi connectivity index (χ0n) is 10.2. The van der Waals surface area contributed by atoms with Gasteiger partial charge in [0.05, 0.1) is 5.69 Å². The average molecular weight is 233 g/mol.